The van der Waals surface area contributed by atoms with E-state index in [1.54, 1.807) is 38.1 Å². The molecule has 0 bridgehead atoms. The fourth-order valence-electron chi connectivity index (χ4n) is 3.65. The first-order valence-corrected chi connectivity index (χ1v) is 12.6. The van der Waals surface area contributed by atoms with Crippen LogP contribution in [0.1, 0.15) is 33.3 Å². The molecule has 0 fully saturated rings. The van der Waals surface area contributed by atoms with Crippen molar-refractivity contribution in [2.75, 3.05) is 13.1 Å². The number of ether oxygens (including phenoxy) is 1. The molecule has 0 saturated carbocycles. The molecule has 178 valence electrons. The van der Waals surface area contributed by atoms with Crippen molar-refractivity contribution in [1.29, 1.82) is 0 Å². The minimum atomic E-state index is -3.81. The Labute approximate surface area is 195 Å². The van der Waals surface area contributed by atoms with Gasteiger partial charge in [0.1, 0.15) is 5.58 Å². The molecule has 1 aromatic heterocycles. The lowest BCUT2D eigenvalue weighted by atomic mass is 10.1. The number of alkyl carbamates (subject to hydrolysis) is 1. The van der Waals surface area contributed by atoms with Gasteiger partial charge in [-0.3, -0.25) is 0 Å². The zero-order chi connectivity index (χ0) is 24.0. The lowest BCUT2D eigenvalue weighted by molar-refractivity contribution is 0.111. The fourth-order valence-corrected chi connectivity index (χ4v) is 5.34. The molecule has 0 aliphatic carbocycles. The van der Waals surface area contributed by atoms with E-state index in [9.17, 15) is 13.2 Å². The maximum absolute atomic E-state index is 13.6. The van der Waals surface area contributed by atoms with Gasteiger partial charge >= 0.3 is 6.09 Å². The molecule has 3 aromatic rings. The summed E-state index contributed by atoms with van der Waals surface area (Å²) in [6.07, 6.45) is 1.17. The number of fused-ring (bicyclic) bond motifs is 1. The van der Waals surface area contributed by atoms with E-state index in [1.807, 2.05) is 44.2 Å². The van der Waals surface area contributed by atoms with Gasteiger partial charge in [-0.05, 0) is 56.0 Å². The Bertz CT molecular complexity index is 1160. The molecular formula is C25H32N2O5S. The molecule has 1 atom stereocenters. The Morgan fingerprint density at radius 1 is 1.03 bits per heavy atom. The summed E-state index contributed by atoms with van der Waals surface area (Å²) in [5, 5.41) is 3.59. The molecule has 8 heteroatoms. The third-order valence-corrected chi connectivity index (χ3v) is 6.87. The number of hydrogen-bond donors (Lipinski definition) is 1. The number of hydrogen-bond acceptors (Lipinski definition) is 5. The van der Waals surface area contributed by atoms with Crippen LogP contribution in [0.4, 0.5) is 4.79 Å². The van der Waals surface area contributed by atoms with E-state index in [-0.39, 0.29) is 23.5 Å². The quantitative estimate of drug-likeness (QED) is 0.457. The number of rotatable bonds is 10. The van der Waals surface area contributed by atoms with Crippen molar-refractivity contribution in [2.24, 2.45) is 5.92 Å². The van der Waals surface area contributed by atoms with Crippen molar-refractivity contribution in [3.05, 3.63) is 66.4 Å². The molecule has 0 saturated heterocycles. The Morgan fingerprint density at radius 2 is 1.76 bits per heavy atom. The summed E-state index contributed by atoms with van der Waals surface area (Å²) >= 11 is 0. The highest BCUT2D eigenvalue weighted by molar-refractivity contribution is 7.89. The number of nitrogens with one attached hydrogen (secondary N) is 1. The van der Waals surface area contributed by atoms with Crippen LogP contribution in [0, 0.1) is 5.92 Å². The first-order valence-electron chi connectivity index (χ1n) is 11.1. The van der Waals surface area contributed by atoms with Gasteiger partial charge in [0.05, 0.1) is 23.3 Å². The number of amides is 1. The largest absolute Gasteiger partial charge is 0.464 e. The van der Waals surface area contributed by atoms with Crippen LogP contribution in [0.3, 0.4) is 0 Å². The van der Waals surface area contributed by atoms with Gasteiger partial charge in [-0.25, -0.2) is 13.2 Å². The van der Waals surface area contributed by atoms with Crippen LogP contribution in [0.15, 0.2) is 70.2 Å². The highest BCUT2D eigenvalue weighted by atomic mass is 32.2. The molecule has 0 aliphatic rings. The fraction of sp³-hybridized carbons (Fsp3) is 0.400. The first-order chi connectivity index (χ1) is 15.6. The van der Waals surface area contributed by atoms with Crippen LogP contribution < -0.4 is 5.32 Å². The number of furan rings is 1. The predicted octanol–water partition coefficient (Wildman–Crippen LogP) is 4.83. The number of benzene rings is 2. The normalized spacial score (nSPS) is 13.1. The minimum absolute atomic E-state index is 0.0948. The highest BCUT2D eigenvalue weighted by Crippen LogP contribution is 2.24. The number of nitrogens with zero attached hydrogens (tertiary/aromatic N) is 1. The molecule has 0 spiro atoms. The second-order valence-electron chi connectivity index (χ2n) is 8.82. The Hall–Kier alpha value is -2.84. The van der Waals surface area contributed by atoms with Gasteiger partial charge in [0, 0.05) is 18.5 Å². The van der Waals surface area contributed by atoms with Crippen molar-refractivity contribution < 1.29 is 22.4 Å². The zero-order valence-corrected chi connectivity index (χ0v) is 20.3. The summed E-state index contributed by atoms with van der Waals surface area (Å²) in [6.45, 7) is 7.91. The van der Waals surface area contributed by atoms with Gasteiger partial charge in [-0.1, -0.05) is 44.2 Å². The van der Waals surface area contributed by atoms with Crippen molar-refractivity contribution in [3.63, 3.8) is 0 Å². The smallest absolute Gasteiger partial charge is 0.407 e. The molecule has 33 heavy (non-hydrogen) atoms. The Morgan fingerprint density at radius 3 is 2.42 bits per heavy atom. The van der Waals surface area contributed by atoms with E-state index < -0.39 is 22.2 Å². The summed E-state index contributed by atoms with van der Waals surface area (Å²) in [6, 6.07) is 15.8. The molecule has 0 aliphatic heterocycles. The summed E-state index contributed by atoms with van der Waals surface area (Å²) in [7, 11) is -3.81. The Kier molecular flexibility index (Phi) is 8.15. The zero-order valence-electron chi connectivity index (χ0n) is 19.5. The second-order valence-corrected chi connectivity index (χ2v) is 10.8. The van der Waals surface area contributed by atoms with E-state index in [0.717, 1.165) is 10.9 Å². The number of sulfonamides is 1. The van der Waals surface area contributed by atoms with Crippen LogP contribution in [0.5, 0.6) is 0 Å². The third kappa shape index (κ3) is 6.82. The molecule has 7 nitrogen and oxygen atoms in total. The lowest BCUT2D eigenvalue weighted by Gasteiger charge is -2.29. The van der Waals surface area contributed by atoms with E-state index in [0.29, 0.717) is 18.5 Å². The Balaban J connectivity index is 1.90. The third-order valence-electron chi connectivity index (χ3n) is 5.04. The van der Waals surface area contributed by atoms with Crippen LogP contribution in [-0.4, -0.2) is 44.1 Å². The van der Waals surface area contributed by atoms with Gasteiger partial charge in [0.15, 0.2) is 0 Å². The van der Waals surface area contributed by atoms with Crippen LogP contribution in [-0.2, 0) is 21.2 Å². The van der Waals surface area contributed by atoms with E-state index in [4.69, 9.17) is 9.15 Å². The summed E-state index contributed by atoms with van der Waals surface area (Å²) in [5.41, 5.74) is 1.62. The van der Waals surface area contributed by atoms with Gasteiger partial charge in [0.25, 0.3) is 0 Å². The average Bonchev–Trinajstić information content (AvgIpc) is 3.21. The number of carbonyl (C=O) groups is 1. The molecule has 1 N–H and O–H groups in total. The van der Waals surface area contributed by atoms with Gasteiger partial charge in [-0.2, -0.15) is 4.31 Å². The molecule has 1 amide bonds. The van der Waals surface area contributed by atoms with E-state index in [2.05, 4.69) is 5.32 Å². The first kappa shape index (κ1) is 24.8. The van der Waals surface area contributed by atoms with Gasteiger partial charge in [-0.15, -0.1) is 0 Å². The van der Waals surface area contributed by atoms with Crippen LogP contribution in [0.25, 0.3) is 11.0 Å². The standard InChI is InChI=1S/C25H32N2O5S/c1-18(2)16-27(33(29,30)23-10-11-24-21(15-23)12-13-31-24)17-22(26-25(28)32-19(3)4)14-20-8-6-5-7-9-20/h5-13,15,18-19,22H,14,16-17H2,1-4H3,(H,26,28)/t22-/m0/s1. The number of carbonyl (C=O) groups excluding carboxylic acids is 1. The maximum Gasteiger partial charge on any atom is 0.407 e. The van der Waals surface area contributed by atoms with Crippen molar-refractivity contribution in [2.45, 2.75) is 51.2 Å². The van der Waals surface area contributed by atoms with Crippen molar-refractivity contribution >= 4 is 27.1 Å². The van der Waals surface area contributed by atoms with E-state index >= 15 is 0 Å². The molecule has 3 rings (SSSR count). The van der Waals surface area contributed by atoms with Gasteiger partial charge < -0.3 is 14.5 Å². The van der Waals surface area contributed by atoms with Gasteiger partial charge in [0.2, 0.25) is 10.0 Å². The lowest BCUT2D eigenvalue weighted by Crippen LogP contribution is -2.48. The predicted molar refractivity (Wildman–Crippen MR) is 128 cm³/mol. The van der Waals surface area contributed by atoms with Crippen molar-refractivity contribution in [3.8, 4) is 0 Å². The molecule has 0 unspecified atom stereocenters. The SMILES string of the molecule is CC(C)CN(C[C@H](Cc1ccccc1)NC(=O)OC(C)C)S(=O)(=O)c1ccc2occc2c1. The summed E-state index contributed by atoms with van der Waals surface area (Å²) in [5.74, 6) is 0.0948. The monoisotopic (exact) mass is 472 g/mol. The molecular weight excluding hydrogens is 440 g/mol. The highest BCUT2D eigenvalue weighted by Gasteiger charge is 2.29. The van der Waals surface area contributed by atoms with Crippen molar-refractivity contribution in [1.82, 2.24) is 9.62 Å². The topological polar surface area (TPSA) is 88.9 Å². The summed E-state index contributed by atoms with van der Waals surface area (Å²) in [4.78, 5) is 12.6. The minimum Gasteiger partial charge on any atom is -0.464 e. The van der Waals surface area contributed by atoms with E-state index in [1.165, 1.54) is 10.6 Å². The average molecular weight is 473 g/mol. The van der Waals surface area contributed by atoms with Crippen LogP contribution >= 0.6 is 0 Å². The van der Waals surface area contributed by atoms with Crippen LogP contribution in [0.2, 0.25) is 0 Å². The molecule has 0 radical (unpaired) electrons. The molecule has 2 aromatic carbocycles. The maximum atomic E-state index is 13.6. The summed E-state index contributed by atoms with van der Waals surface area (Å²) < 4.78 is 39.3. The second kappa shape index (κ2) is 10.9. The molecule has 1 heterocycles.